The number of thiazole rings is 1. The molecule has 5 heterocycles. The molecule has 0 spiro atoms. The van der Waals surface area contributed by atoms with E-state index in [1.165, 1.54) is 22.0 Å². The number of hydrogen-bond donors (Lipinski definition) is 1. The molecule has 0 amide bonds. The predicted octanol–water partition coefficient (Wildman–Crippen LogP) is 5.37. The Kier molecular flexibility index (Phi) is 6.15. The van der Waals surface area contributed by atoms with Crippen molar-refractivity contribution in [3.05, 3.63) is 84.9 Å². The Bertz CT molecular complexity index is 1640. The van der Waals surface area contributed by atoms with E-state index in [0.717, 1.165) is 18.4 Å². The summed E-state index contributed by atoms with van der Waals surface area (Å²) in [7, 11) is 0. The van der Waals surface area contributed by atoms with Crippen molar-refractivity contribution in [3.63, 3.8) is 0 Å². The summed E-state index contributed by atoms with van der Waals surface area (Å²) in [5, 5.41) is 12.2. The second-order valence-corrected chi connectivity index (χ2v) is 10.4. The first-order chi connectivity index (χ1) is 18.3. The van der Waals surface area contributed by atoms with Gasteiger partial charge in [-0.1, -0.05) is 11.6 Å². The van der Waals surface area contributed by atoms with Crippen molar-refractivity contribution in [2.45, 2.75) is 51.7 Å². The van der Waals surface area contributed by atoms with Gasteiger partial charge in [0.1, 0.15) is 45.1 Å². The molecule has 0 atom stereocenters. The van der Waals surface area contributed by atoms with Gasteiger partial charge in [0.15, 0.2) is 5.82 Å². The molecular weight excluding hydrogens is 522 g/mol. The molecule has 0 aliphatic carbocycles. The largest absolute Gasteiger partial charge is 0.485 e. The molecular formula is C26H23ClF2N4O3S. The molecule has 0 saturated carbocycles. The van der Waals surface area contributed by atoms with E-state index in [2.05, 4.69) is 15.0 Å². The van der Waals surface area contributed by atoms with Crippen LogP contribution in [-0.2, 0) is 25.0 Å². The van der Waals surface area contributed by atoms with E-state index in [0.29, 0.717) is 52.9 Å². The van der Waals surface area contributed by atoms with E-state index in [-0.39, 0.29) is 5.75 Å². The number of hydrogen-bond acceptors (Lipinski definition) is 7. The minimum absolute atomic E-state index is 0.283. The van der Waals surface area contributed by atoms with Gasteiger partial charge in [0, 0.05) is 29.4 Å². The lowest BCUT2D eigenvalue weighted by Crippen LogP contribution is -2.25. The number of nitrogens with zero attached hydrogens (tertiary/aromatic N) is 4. The molecule has 0 unspecified atom stereocenters. The molecule has 0 bridgehead atoms. The van der Waals surface area contributed by atoms with Crippen LogP contribution in [-0.4, -0.2) is 24.6 Å². The molecule has 1 aliphatic rings. The highest BCUT2D eigenvalue weighted by molar-refractivity contribution is 7.10. The summed E-state index contributed by atoms with van der Waals surface area (Å²) < 4.78 is 50.8. The molecule has 4 aromatic rings. The van der Waals surface area contributed by atoms with Gasteiger partial charge in [0.05, 0.1) is 20.3 Å². The van der Waals surface area contributed by atoms with Gasteiger partial charge in [-0.3, -0.25) is 19.3 Å². The van der Waals surface area contributed by atoms with Gasteiger partial charge in [-0.05, 0) is 51.2 Å². The van der Waals surface area contributed by atoms with Crippen molar-refractivity contribution in [2.75, 3.05) is 0 Å². The van der Waals surface area contributed by atoms with Gasteiger partial charge in [-0.2, -0.15) is 0 Å². The van der Waals surface area contributed by atoms with Crippen molar-refractivity contribution in [3.8, 4) is 22.8 Å². The maximum absolute atomic E-state index is 14.3. The fraction of sp³-hybridized carbons (Fsp3) is 0.308. The topological polar surface area (TPSA) is 90.1 Å². The van der Waals surface area contributed by atoms with Crippen LogP contribution in [0.4, 0.5) is 8.78 Å². The number of halogens is 3. The van der Waals surface area contributed by atoms with Crippen LogP contribution in [0.1, 0.15) is 51.4 Å². The van der Waals surface area contributed by atoms with E-state index in [1.807, 2.05) is 0 Å². The Morgan fingerprint density at radius 1 is 1.19 bits per heavy atom. The Balaban J connectivity index is 1.60. The minimum atomic E-state index is -2.84. The Hall–Kier alpha value is -3.21. The highest BCUT2D eigenvalue weighted by Gasteiger charge is 2.24. The molecule has 0 saturated heterocycles. The summed E-state index contributed by atoms with van der Waals surface area (Å²) in [6.07, 6.45) is 5.04. The third-order valence-electron chi connectivity index (χ3n) is 5.88. The zero-order valence-electron chi connectivity index (χ0n) is 21.9. The molecule has 0 radical (unpaired) electrons. The first-order valence-electron chi connectivity index (χ1n) is 12.5. The number of aliphatic hydroxyl groups is 1. The summed E-state index contributed by atoms with van der Waals surface area (Å²) >= 11 is 7.71. The van der Waals surface area contributed by atoms with Gasteiger partial charge in [0.25, 0.3) is 5.56 Å². The SMILES string of the molecule is [2H]C([2H])(Oc1cc2n(c(=O)c1Cl)-c1cc(-c3csc(C(C)(C)O)n3)ncc1CCCC2)c1ncc(F)cc1F. The molecule has 192 valence electrons. The summed E-state index contributed by atoms with van der Waals surface area (Å²) in [4.78, 5) is 26.1. The zero-order valence-corrected chi connectivity index (χ0v) is 21.5. The Morgan fingerprint density at radius 3 is 2.70 bits per heavy atom. The second-order valence-electron chi connectivity index (χ2n) is 9.14. The average molecular weight is 547 g/mol. The van der Waals surface area contributed by atoms with Crippen molar-refractivity contribution < 1.29 is 21.4 Å². The highest BCUT2D eigenvalue weighted by atomic mass is 35.5. The molecule has 1 N–H and O–H groups in total. The smallest absolute Gasteiger partial charge is 0.277 e. The summed E-state index contributed by atoms with van der Waals surface area (Å²) in [6, 6.07) is 3.69. The lowest BCUT2D eigenvalue weighted by molar-refractivity contribution is 0.0783. The van der Waals surface area contributed by atoms with E-state index < -0.39 is 40.1 Å². The molecule has 0 aromatic carbocycles. The van der Waals surface area contributed by atoms with E-state index >= 15 is 0 Å². The molecule has 4 aromatic heterocycles. The van der Waals surface area contributed by atoms with Crippen molar-refractivity contribution >= 4 is 22.9 Å². The summed E-state index contributed by atoms with van der Waals surface area (Å²) in [5.41, 5.74) is 0.394. The predicted molar refractivity (Wildman–Crippen MR) is 136 cm³/mol. The fourth-order valence-electron chi connectivity index (χ4n) is 4.04. The number of pyridine rings is 3. The maximum Gasteiger partial charge on any atom is 0.277 e. The van der Waals surface area contributed by atoms with Crippen LogP contribution in [0, 0.1) is 11.6 Å². The van der Waals surface area contributed by atoms with E-state index in [4.69, 9.17) is 19.1 Å². The van der Waals surface area contributed by atoms with E-state index in [1.54, 1.807) is 31.5 Å². The number of ether oxygens (including phenoxy) is 1. The average Bonchev–Trinajstić information content (AvgIpc) is 3.35. The fourth-order valence-corrected chi connectivity index (χ4v) is 5.05. The number of aryl methyl sites for hydroxylation is 2. The van der Waals surface area contributed by atoms with Gasteiger partial charge in [-0.25, -0.2) is 13.8 Å². The van der Waals surface area contributed by atoms with Crippen molar-refractivity contribution in [2.24, 2.45) is 0 Å². The monoisotopic (exact) mass is 546 g/mol. The summed E-state index contributed by atoms with van der Waals surface area (Å²) in [6.45, 7) is 0.445. The van der Waals surface area contributed by atoms with Gasteiger partial charge >= 0.3 is 0 Å². The number of rotatable bonds is 5. The van der Waals surface area contributed by atoms with Gasteiger partial charge < -0.3 is 9.84 Å². The lowest BCUT2D eigenvalue weighted by atomic mass is 10.0. The van der Waals surface area contributed by atoms with Crippen molar-refractivity contribution in [1.82, 2.24) is 19.5 Å². The van der Waals surface area contributed by atoms with Crippen LogP contribution in [0.2, 0.25) is 5.02 Å². The number of fused-ring (bicyclic) bond motifs is 3. The molecule has 7 nitrogen and oxygen atoms in total. The van der Waals surface area contributed by atoms with Crippen molar-refractivity contribution in [1.29, 1.82) is 0 Å². The third-order valence-corrected chi connectivity index (χ3v) is 7.38. The first kappa shape index (κ1) is 22.9. The van der Waals surface area contributed by atoms with Crippen LogP contribution in [0.25, 0.3) is 17.1 Å². The molecule has 0 fully saturated rings. The lowest BCUT2D eigenvalue weighted by Gasteiger charge is -2.21. The van der Waals surface area contributed by atoms with Gasteiger partial charge in [-0.15, -0.1) is 11.3 Å². The molecule has 5 rings (SSSR count). The van der Waals surface area contributed by atoms with Crippen LogP contribution in [0.3, 0.4) is 0 Å². The number of aromatic nitrogens is 4. The second kappa shape index (κ2) is 9.92. The first-order valence-corrected chi connectivity index (χ1v) is 12.7. The Morgan fingerprint density at radius 2 is 1.97 bits per heavy atom. The zero-order chi connectivity index (χ0) is 28.1. The normalized spacial score (nSPS) is 14.6. The van der Waals surface area contributed by atoms with Crippen LogP contribution < -0.4 is 10.3 Å². The van der Waals surface area contributed by atoms with Crippen LogP contribution in [0.15, 0.2) is 40.8 Å². The third kappa shape index (κ3) is 5.14. The molecule has 11 heteroatoms. The van der Waals surface area contributed by atoms with Crippen LogP contribution in [0.5, 0.6) is 5.75 Å². The standard InChI is InChI=1S/C26H23ClF2N4O3S/c1-26(2,35)25-32-20(13-37-25)18-9-21-14(10-30-18)5-3-4-6-16-8-22(23(27)24(34)33(16)21)36-12-19-17(29)7-15(28)11-31-19/h7-11,13,35H,3-6,12H2,1-2H3/i12D2. The van der Waals surface area contributed by atoms with Gasteiger partial charge in [0.2, 0.25) is 0 Å². The molecule has 1 aliphatic heterocycles. The van der Waals surface area contributed by atoms with E-state index in [9.17, 15) is 18.7 Å². The highest BCUT2D eigenvalue weighted by Crippen LogP contribution is 2.32. The summed E-state index contributed by atoms with van der Waals surface area (Å²) in [5.74, 6) is -2.48. The van der Waals surface area contributed by atoms with Crippen LogP contribution >= 0.6 is 22.9 Å². The maximum atomic E-state index is 14.3. The Labute approximate surface area is 223 Å². The molecule has 37 heavy (non-hydrogen) atoms. The minimum Gasteiger partial charge on any atom is -0.485 e. The quantitative estimate of drug-likeness (QED) is 0.362.